The van der Waals surface area contributed by atoms with E-state index < -0.39 is 0 Å². The number of nitrogens with two attached hydrogens (primary N) is 1. The predicted octanol–water partition coefficient (Wildman–Crippen LogP) is 3.25. The third-order valence-electron chi connectivity index (χ3n) is 3.14. The molecule has 2 rings (SSSR count). The fourth-order valence-corrected chi connectivity index (χ4v) is 2.61. The van der Waals surface area contributed by atoms with Crippen molar-refractivity contribution in [1.29, 1.82) is 0 Å². The van der Waals surface area contributed by atoms with Crippen LogP contribution >= 0.6 is 15.9 Å². The van der Waals surface area contributed by atoms with Crippen LogP contribution in [0.25, 0.3) is 0 Å². The van der Waals surface area contributed by atoms with Gasteiger partial charge in [0, 0.05) is 11.0 Å². The summed E-state index contributed by atoms with van der Waals surface area (Å²) in [5.41, 5.74) is 8.07. The number of hydrogen-bond acceptors (Lipinski definition) is 2. The van der Waals surface area contributed by atoms with Crippen molar-refractivity contribution in [3.05, 3.63) is 33.8 Å². The van der Waals surface area contributed by atoms with E-state index in [1.54, 1.807) is 4.90 Å². The van der Waals surface area contributed by atoms with Crippen LogP contribution < -0.4 is 5.73 Å². The van der Waals surface area contributed by atoms with E-state index in [0.717, 1.165) is 15.6 Å². The molecule has 1 aliphatic heterocycles. The van der Waals surface area contributed by atoms with Gasteiger partial charge in [0.1, 0.15) is 11.9 Å². The molecule has 1 heterocycles. The van der Waals surface area contributed by atoms with Crippen LogP contribution in [0.15, 0.2) is 27.7 Å². The molecule has 0 saturated heterocycles. The monoisotopic (exact) mass is 323 g/mol. The average molecular weight is 324 g/mol. The molecule has 19 heavy (non-hydrogen) atoms. The fourth-order valence-electron chi connectivity index (χ4n) is 2.21. The van der Waals surface area contributed by atoms with Gasteiger partial charge in [-0.15, -0.1) is 0 Å². The number of hydrogen-bond donors (Lipinski definition) is 1. The van der Waals surface area contributed by atoms with Gasteiger partial charge in [-0.1, -0.05) is 41.9 Å². The van der Waals surface area contributed by atoms with Crippen LogP contribution in [0.1, 0.15) is 31.0 Å². The molecule has 0 fully saturated rings. The quantitative estimate of drug-likeness (QED) is 0.928. The van der Waals surface area contributed by atoms with Crippen LogP contribution in [-0.4, -0.2) is 23.3 Å². The van der Waals surface area contributed by atoms with E-state index in [1.807, 2.05) is 25.1 Å². The maximum Gasteiger partial charge on any atom is 0.346 e. The highest BCUT2D eigenvalue weighted by Gasteiger charge is 2.34. The third-order valence-corrected chi connectivity index (χ3v) is 3.99. The molecule has 102 valence electrons. The summed E-state index contributed by atoms with van der Waals surface area (Å²) in [6, 6.07) is 5.54. The van der Waals surface area contributed by atoms with E-state index in [-0.39, 0.29) is 12.1 Å². The van der Waals surface area contributed by atoms with Gasteiger partial charge in [-0.3, -0.25) is 0 Å². The van der Waals surface area contributed by atoms with Gasteiger partial charge in [0.2, 0.25) is 0 Å². The van der Waals surface area contributed by atoms with Gasteiger partial charge in [-0.05, 0) is 30.0 Å². The van der Waals surface area contributed by atoms with E-state index in [0.29, 0.717) is 18.3 Å². The predicted molar refractivity (Wildman–Crippen MR) is 80.2 cm³/mol. The zero-order valence-electron chi connectivity index (χ0n) is 11.4. The Morgan fingerprint density at radius 3 is 2.74 bits per heavy atom. The minimum atomic E-state index is -0.244. The first kappa shape index (κ1) is 14.1. The number of halogens is 1. The number of nitrogens with zero attached hydrogens (tertiary/aromatic N) is 2. The van der Waals surface area contributed by atoms with Gasteiger partial charge in [-0.2, -0.15) is 4.99 Å². The van der Waals surface area contributed by atoms with Crippen molar-refractivity contribution in [2.24, 2.45) is 16.6 Å². The maximum absolute atomic E-state index is 11.9. The van der Waals surface area contributed by atoms with Gasteiger partial charge in [0.15, 0.2) is 0 Å². The van der Waals surface area contributed by atoms with Gasteiger partial charge in [0.05, 0.1) is 0 Å². The van der Waals surface area contributed by atoms with Crippen molar-refractivity contribution in [3.63, 3.8) is 0 Å². The number of aryl methyl sites for hydroxylation is 1. The summed E-state index contributed by atoms with van der Waals surface area (Å²) in [4.78, 5) is 17.5. The Balaban J connectivity index is 2.36. The molecule has 0 radical (unpaired) electrons. The first-order valence-corrected chi connectivity index (χ1v) is 7.10. The molecule has 4 nitrogen and oxygen atoms in total. The fraction of sp³-hybridized carbons (Fsp3) is 0.429. The lowest BCUT2D eigenvalue weighted by Crippen LogP contribution is -2.35. The highest BCUT2D eigenvalue weighted by Crippen LogP contribution is 2.30. The van der Waals surface area contributed by atoms with Crippen LogP contribution in [0.5, 0.6) is 0 Å². The molecule has 0 aliphatic carbocycles. The summed E-state index contributed by atoms with van der Waals surface area (Å²) in [7, 11) is 0. The Bertz CT molecular complexity index is 539. The van der Waals surface area contributed by atoms with E-state index in [4.69, 9.17) is 5.73 Å². The Labute approximate surface area is 121 Å². The largest absolute Gasteiger partial charge is 0.385 e. The normalized spacial score (nSPS) is 19.2. The number of carbonyl (C=O) groups excluding carboxylic acids is 1. The van der Waals surface area contributed by atoms with E-state index >= 15 is 0 Å². The highest BCUT2D eigenvalue weighted by molar-refractivity contribution is 9.10. The molecule has 2 amide bonds. The number of amides is 2. The number of urea groups is 1. The Morgan fingerprint density at radius 2 is 2.16 bits per heavy atom. The first-order chi connectivity index (χ1) is 8.90. The first-order valence-electron chi connectivity index (χ1n) is 6.31. The lowest BCUT2D eigenvalue weighted by Gasteiger charge is -2.26. The minimum Gasteiger partial charge on any atom is -0.385 e. The zero-order chi connectivity index (χ0) is 14.2. The van der Waals surface area contributed by atoms with Crippen molar-refractivity contribution in [3.8, 4) is 0 Å². The highest BCUT2D eigenvalue weighted by atomic mass is 79.9. The van der Waals surface area contributed by atoms with Crippen molar-refractivity contribution in [2.75, 3.05) is 6.54 Å². The summed E-state index contributed by atoms with van der Waals surface area (Å²) >= 11 is 3.51. The van der Waals surface area contributed by atoms with Gasteiger partial charge < -0.3 is 10.6 Å². The Morgan fingerprint density at radius 1 is 1.47 bits per heavy atom. The van der Waals surface area contributed by atoms with Gasteiger partial charge in [0.25, 0.3) is 0 Å². The SMILES string of the molecule is Cc1ccc(C2C(N)=NC(=O)N2CC(C)C)cc1Br. The lowest BCUT2D eigenvalue weighted by molar-refractivity contribution is 0.199. The summed E-state index contributed by atoms with van der Waals surface area (Å²) in [5, 5.41) is 0. The number of aliphatic imine (C=N–C) groups is 1. The minimum absolute atomic E-state index is 0.243. The molecule has 0 saturated carbocycles. The number of benzene rings is 1. The van der Waals surface area contributed by atoms with Gasteiger partial charge in [-0.25, -0.2) is 4.79 Å². The number of amidine groups is 1. The molecule has 5 heteroatoms. The summed E-state index contributed by atoms with van der Waals surface area (Å²) < 4.78 is 1.02. The number of carbonyl (C=O) groups is 1. The second-order valence-electron chi connectivity index (χ2n) is 5.28. The van der Waals surface area contributed by atoms with Crippen LogP contribution in [0, 0.1) is 12.8 Å². The molecule has 0 aromatic heterocycles. The second-order valence-corrected chi connectivity index (χ2v) is 6.13. The van der Waals surface area contributed by atoms with Crippen molar-refractivity contribution in [1.82, 2.24) is 4.90 Å². The molecule has 1 aromatic carbocycles. The molecule has 2 N–H and O–H groups in total. The topological polar surface area (TPSA) is 58.7 Å². The maximum atomic E-state index is 11.9. The summed E-state index contributed by atoms with van der Waals surface area (Å²) in [6.45, 7) is 6.82. The van der Waals surface area contributed by atoms with Crippen LogP contribution in [-0.2, 0) is 0 Å². The summed E-state index contributed by atoms with van der Waals surface area (Å²) in [5.74, 6) is 0.753. The molecule has 1 unspecified atom stereocenters. The van der Waals surface area contributed by atoms with Crippen LogP contribution in [0.3, 0.4) is 0 Å². The molecule has 0 spiro atoms. The molecule has 1 aliphatic rings. The average Bonchev–Trinajstić information content (AvgIpc) is 2.57. The second kappa shape index (κ2) is 5.33. The van der Waals surface area contributed by atoms with Crippen LogP contribution in [0.4, 0.5) is 4.79 Å². The van der Waals surface area contributed by atoms with Crippen LogP contribution in [0.2, 0.25) is 0 Å². The molecule has 0 bridgehead atoms. The smallest absolute Gasteiger partial charge is 0.346 e. The molecular weight excluding hydrogens is 306 g/mol. The van der Waals surface area contributed by atoms with E-state index in [1.165, 1.54) is 0 Å². The molecular formula is C14H18BrN3O. The zero-order valence-corrected chi connectivity index (χ0v) is 12.9. The number of rotatable bonds is 3. The van der Waals surface area contributed by atoms with E-state index in [2.05, 4.69) is 34.8 Å². The molecule has 1 atom stereocenters. The third kappa shape index (κ3) is 2.81. The van der Waals surface area contributed by atoms with Crippen molar-refractivity contribution in [2.45, 2.75) is 26.8 Å². The lowest BCUT2D eigenvalue weighted by atomic mass is 10.0. The van der Waals surface area contributed by atoms with Crippen molar-refractivity contribution < 1.29 is 4.79 Å². The Kier molecular flexibility index (Phi) is 3.94. The summed E-state index contributed by atoms with van der Waals surface area (Å²) in [6.07, 6.45) is 0. The standard InChI is InChI=1S/C14H18BrN3O/c1-8(2)7-18-12(13(16)17-14(18)19)10-5-4-9(3)11(15)6-10/h4-6,8,12H,7H2,1-3H3,(H2,16,17,19). The van der Waals surface area contributed by atoms with E-state index in [9.17, 15) is 4.79 Å². The van der Waals surface area contributed by atoms with Crippen molar-refractivity contribution >= 4 is 27.8 Å². The Hall–Kier alpha value is -1.36. The molecule has 1 aromatic rings. The van der Waals surface area contributed by atoms with Gasteiger partial charge >= 0.3 is 6.03 Å².